The summed E-state index contributed by atoms with van der Waals surface area (Å²) in [5, 5.41) is 2.64. The Hall–Kier alpha value is -1.65. The van der Waals surface area contributed by atoms with Crippen LogP contribution >= 0.6 is 0 Å². The van der Waals surface area contributed by atoms with Crippen molar-refractivity contribution in [3.63, 3.8) is 0 Å². The van der Waals surface area contributed by atoms with Crippen molar-refractivity contribution in [3.05, 3.63) is 29.3 Å². The summed E-state index contributed by atoms with van der Waals surface area (Å²) in [4.78, 5) is 12.0. The Morgan fingerprint density at radius 1 is 1.30 bits per heavy atom. The van der Waals surface area contributed by atoms with E-state index in [1.807, 2.05) is 0 Å². The Labute approximate surface area is 117 Å². The van der Waals surface area contributed by atoms with Crippen LogP contribution in [0, 0.1) is 17.0 Å². The molecule has 1 fully saturated rings. The summed E-state index contributed by atoms with van der Waals surface area (Å²) >= 11 is 0. The quantitative estimate of drug-likeness (QED) is 0.836. The highest BCUT2D eigenvalue weighted by Gasteiger charge is 2.28. The standard InChI is InChI=1S/C15H20F2N2O/c1-15(7-3-2-4-8-15)9-19-14(20)12-10(16)5-6-11(18)13(12)17/h5-6H,2-4,7-9,18H2,1H3,(H,19,20). The summed E-state index contributed by atoms with van der Waals surface area (Å²) in [5.74, 6) is -2.61. The Morgan fingerprint density at radius 2 is 1.95 bits per heavy atom. The number of rotatable bonds is 3. The van der Waals surface area contributed by atoms with Gasteiger partial charge >= 0.3 is 0 Å². The van der Waals surface area contributed by atoms with Gasteiger partial charge in [-0.05, 0) is 30.4 Å². The van der Waals surface area contributed by atoms with Gasteiger partial charge in [-0.3, -0.25) is 4.79 Å². The van der Waals surface area contributed by atoms with E-state index in [1.54, 1.807) is 0 Å². The molecule has 1 aliphatic rings. The molecule has 1 saturated carbocycles. The zero-order valence-electron chi connectivity index (χ0n) is 11.6. The number of nitrogens with one attached hydrogen (secondary N) is 1. The fourth-order valence-electron chi connectivity index (χ4n) is 2.74. The summed E-state index contributed by atoms with van der Waals surface area (Å²) in [7, 11) is 0. The van der Waals surface area contributed by atoms with Crippen molar-refractivity contribution in [2.24, 2.45) is 5.41 Å². The first-order chi connectivity index (χ1) is 9.43. The van der Waals surface area contributed by atoms with E-state index in [-0.39, 0.29) is 11.1 Å². The Morgan fingerprint density at radius 3 is 2.60 bits per heavy atom. The van der Waals surface area contributed by atoms with Crippen LogP contribution in [0.15, 0.2) is 12.1 Å². The highest BCUT2D eigenvalue weighted by Crippen LogP contribution is 2.35. The van der Waals surface area contributed by atoms with Crippen molar-refractivity contribution in [1.29, 1.82) is 0 Å². The molecule has 5 heteroatoms. The monoisotopic (exact) mass is 282 g/mol. The van der Waals surface area contributed by atoms with Gasteiger partial charge in [0.2, 0.25) is 0 Å². The van der Waals surface area contributed by atoms with Gasteiger partial charge in [0.1, 0.15) is 11.4 Å². The van der Waals surface area contributed by atoms with Gasteiger partial charge in [-0.2, -0.15) is 0 Å². The van der Waals surface area contributed by atoms with Gasteiger partial charge < -0.3 is 11.1 Å². The number of hydrogen-bond acceptors (Lipinski definition) is 2. The van der Waals surface area contributed by atoms with E-state index in [9.17, 15) is 13.6 Å². The minimum atomic E-state index is -0.990. The van der Waals surface area contributed by atoms with Crippen molar-refractivity contribution in [2.75, 3.05) is 12.3 Å². The van der Waals surface area contributed by atoms with Crippen molar-refractivity contribution in [2.45, 2.75) is 39.0 Å². The number of carbonyl (C=O) groups excluding carboxylic acids is 1. The number of amides is 1. The van der Waals surface area contributed by atoms with Crippen LogP contribution in [0.5, 0.6) is 0 Å². The maximum atomic E-state index is 13.7. The van der Waals surface area contributed by atoms with Crippen molar-refractivity contribution in [3.8, 4) is 0 Å². The van der Waals surface area contributed by atoms with Crippen LogP contribution in [0.1, 0.15) is 49.4 Å². The summed E-state index contributed by atoms with van der Waals surface area (Å²) in [5.41, 5.74) is 4.57. The molecule has 0 atom stereocenters. The molecule has 0 saturated heterocycles. The molecule has 1 aromatic rings. The third kappa shape index (κ3) is 3.08. The Balaban J connectivity index is 2.07. The van der Waals surface area contributed by atoms with E-state index in [0.717, 1.165) is 37.8 Å². The molecule has 0 spiro atoms. The number of nitrogens with two attached hydrogens (primary N) is 1. The first kappa shape index (κ1) is 14.8. The van der Waals surface area contributed by atoms with E-state index in [2.05, 4.69) is 12.2 Å². The number of carbonyl (C=O) groups is 1. The molecule has 2 rings (SSSR count). The van der Waals surface area contributed by atoms with E-state index in [1.165, 1.54) is 6.42 Å². The second-order valence-corrected chi connectivity index (χ2v) is 5.88. The highest BCUT2D eigenvalue weighted by molar-refractivity contribution is 5.95. The SMILES string of the molecule is CC1(CNC(=O)c2c(F)ccc(N)c2F)CCCCC1. The smallest absolute Gasteiger partial charge is 0.257 e. The molecule has 0 radical (unpaired) electrons. The zero-order chi connectivity index (χ0) is 14.8. The molecule has 1 aliphatic carbocycles. The van der Waals surface area contributed by atoms with Crippen LogP contribution in [0.4, 0.5) is 14.5 Å². The third-order valence-electron chi connectivity index (χ3n) is 4.08. The van der Waals surface area contributed by atoms with Gasteiger partial charge in [0.15, 0.2) is 5.82 Å². The first-order valence-electron chi connectivity index (χ1n) is 6.95. The van der Waals surface area contributed by atoms with Gasteiger partial charge in [-0.1, -0.05) is 26.2 Å². The van der Waals surface area contributed by atoms with Crippen molar-refractivity contribution >= 4 is 11.6 Å². The molecule has 0 bridgehead atoms. The van der Waals surface area contributed by atoms with E-state index < -0.39 is 23.1 Å². The van der Waals surface area contributed by atoms with Crippen LogP contribution in [0.3, 0.4) is 0 Å². The first-order valence-corrected chi connectivity index (χ1v) is 6.95. The van der Waals surface area contributed by atoms with Crippen molar-refractivity contribution < 1.29 is 13.6 Å². The number of anilines is 1. The summed E-state index contributed by atoms with van der Waals surface area (Å²) in [6, 6.07) is 2.12. The average Bonchev–Trinajstić information content (AvgIpc) is 2.42. The molecule has 3 nitrogen and oxygen atoms in total. The van der Waals surface area contributed by atoms with Crippen LogP contribution in [-0.2, 0) is 0 Å². The molecule has 0 aromatic heterocycles. The van der Waals surface area contributed by atoms with Crippen LogP contribution < -0.4 is 11.1 Å². The number of benzene rings is 1. The number of hydrogen-bond donors (Lipinski definition) is 2. The molecule has 110 valence electrons. The predicted molar refractivity (Wildman–Crippen MR) is 74.3 cm³/mol. The lowest BCUT2D eigenvalue weighted by Gasteiger charge is -2.33. The molecule has 0 heterocycles. The molecule has 0 unspecified atom stereocenters. The second-order valence-electron chi connectivity index (χ2n) is 5.88. The Bertz CT molecular complexity index is 511. The minimum Gasteiger partial charge on any atom is -0.396 e. The topological polar surface area (TPSA) is 55.1 Å². The maximum Gasteiger partial charge on any atom is 0.257 e. The largest absolute Gasteiger partial charge is 0.396 e. The molecular weight excluding hydrogens is 262 g/mol. The van der Waals surface area contributed by atoms with Crippen LogP contribution in [0.25, 0.3) is 0 Å². The number of nitrogen functional groups attached to an aromatic ring is 1. The van der Waals surface area contributed by atoms with E-state index >= 15 is 0 Å². The van der Waals surface area contributed by atoms with Gasteiger partial charge in [0.05, 0.1) is 5.69 Å². The van der Waals surface area contributed by atoms with E-state index in [0.29, 0.717) is 6.54 Å². The highest BCUT2D eigenvalue weighted by atomic mass is 19.1. The lowest BCUT2D eigenvalue weighted by molar-refractivity contribution is 0.0911. The molecule has 1 amide bonds. The molecular formula is C15H20F2N2O. The van der Waals surface area contributed by atoms with Crippen molar-refractivity contribution in [1.82, 2.24) is 5.32 Å². The normalized spacial score (nSPS) is 17.8. The fraction of sp³-hybridized carbons (Fsp3) is 0.533. The fourth-order valence-corrected chi connectivity index (χ4v) is 2.74. The second kappa shape index (κ2) is 5.77. The summed E-state index contributed by atoms with van der Waals surface area (Å²) in [6.45, 7) is 2.53. The summed E-state index contributed by atoms with van der Waals surface area (Å²) in [6.07, 6.45) is 5.52. The van der Waals surface area contributed by atoms with Gasteiger partial charge in [-0.15, -0.1) is 0 Å². The van der Waals surface area contributed by atoms with Crippen LogP contribution in [-0.4, -0.2) is 12.5 Å². The minimum absolute atomic E-state index is 0.0151. The van der Waals surface area contributed by atoms with Crippen LogP contribution in [0.2, 0.25) is 0 Å². The molecule has 20 heavy (non-hydrogen) atoms. The Kier molecular flexibility index (Phi) is 4.26. The lowest BCUT2D eigenvalue weighted by Crippen LogP contribution is -2.37. The molecule has 0 aliphatic heterocycles. The summed E-state index contributed by atoms with van der Waals surface area (Å²) < 4.78 is 27.3. The van der Waals surface area contributed by atoms with Gasteiger partial charge in [-0.25, -0.2) is 8.78 Å². The van der Waals surface area contributed by atoms with Gasteiger partial charge in [0.25, 0.3) is 5.91 Å². The maximum absolute atomic E-state index is 13.7. The number of halogens is 2. The average molecular weight is 282 g/mol. The molecule has 1 aromatic carbocycles. The predicted octanol–water partition coefficient (Wildman–Crippen LogP) is 3.25. The van der Waals surface area contributed by atoms with Gasteiger partial charge in [0, 0.05) is 6.54 Å². The van der Waals surface area contributed by atoms with E-state index in [4.69, 9.17) is 5.73 Å². The molecule has 3 N–H and O–H groups in total. The lowest BCUT2D eigenvalue weighted by atomic mass is 9.76. The zero-order valence-corrected chi connectivity index (χ0v) is 11.6. The third-order valence-corrected chi connectivity index (χ3v) is 4.08.